The molecule has 0 spiro atoms. The van der Waals surface area contributed by atoms with Crippen LogP contribution in [0.15, 0.2) is 18.2 Å². The molecule has 1 aromatic carbocycles. The van der Waals surface area contributed by atoms with E-state index in [1.807, 2.05) is 0 Å². The molecule has 3 rings (SSSR count). The third kappa shape index (κ3) is 4.07. The highest BCUT2D eigenvalue weighted by Gasteiger charge is 2.36. The second-order valence-electron chi connectivity index (χ2n) is 6.52. The molecule has 7 heteroatoms. The van der Waals surface area contributed by atoms with E-state index in [1.54, 1.807) is 0 Å². The summed E-state index contributed by atoms with van der Waals surface area (Å²) in [5.41, 5.74) is 0.167. The number of rotatable bonds is 5. The van der Waals surface area contributed by atoms with Crippen LogP contribution >= 0.6 is 0 Å². The van der Waals surface area contributed by atoms with E-state index in [2.05, 4.69) is 5.32 Å². The maximum atomic E-state index is 14.0. The Morgan fingerprint density at radius 2 is 2.00 bits per heavy atom. The van der Waals surface area contributed by atoms with Crippen LogP contribution in [0, 0.1) is 23.5 Å². The van der Waals surface area contributed by atoms with Crippen molar-refractivity contribution in [1.82, 2.24) is 5.32 Å². The van der Waals surface area contributed by atoms with E-state index in [0.717, 1.165) is 31.0 Å². The molecule has 0 unspecified atom stereocenters. The van der Waals surface area contributed by atoms with Gasteiger partial charge in [-0.05, 0) is 49.3 Å². The van der Waals surface area contributed by atoms with E-state index in [0.29, 0.717) is 6.42 Å². The number of benzene rings is 1. The highest BCUT2D eigenvalue weighted by molar-refractivity contribution is 7.91. The first-order valence-corrected chi connectivity index (χ1v) is 9.61. The Balaban J connectivity index is 1.68. The zero-order valence-electron chi connectivity index (χ0n) is 12.6. The summed E-state index contributed by atoms with van der Waals surface area (Å²) in [7, 11) is -3.03. The Bertz CT molecular complexity index is 716. The lowest BCUT2D eigenvalue weighted by molar-refractivity contribution is -0.122. The van der Waals surface area contributed by atoms with E-state index in [4.69, 9.17) is 0 Å². The van der Waals surface area contributed by atoms with Crippen LogP contribution in [-0.2, 0) is 14.6 Å². The summed E-state index contributed by atoms with van der Waals surface area (Å²) >= 11 is 0. The maximum Gasteiger partial charge on any atom is 0.220 e. The maximum absolute atomic E-state index is 14.0. The van der Waals surface area contributed by atoms with Crippen molar-refractivity contribution in [2.24, 2.45) is 11.8 Å². The fourth-order valence-corrected chi connectivity index (χ4v) is 5.02. The van der Waals surface area contributed by atoms with Crippen LogP contribution in [0.3, 0.4) is 0 Å². The third-order valence-electron chi connectivity index (χ3n) is 4.50. The largest absolute Gasteiger partial charge is 0.349 e. The summed E-state index contributed by atoms with van der Waals surface area (Å²) in [5.74, 6) is -1.29. The molecule has 126 valence electrons. The van der Waals surface area contributed by atoms with Crippen molar-refractivity contribution in [1.29, 1.82) is 0 Å². The summed E-state index contributed by atoms with van der Waals surface area (Å²) in [6.07, 6.45) is 2.31. The van der Waals surface area contributed by atoms with Crippen LogP contribution in [0.2, 0.25) is 0 Å². The molecular weight excluding hydrogens is 324 g/mol. The first-order valence-electron chi connectivity index (χ1n) is 7.79. The van der Waals surface area contributed by atoms with Gasteiger partial charge in [-0.25, -0.2) is 17.2 Å². The molecule has 2 atom stereocenters. The Hall–Kier alpha value is -1.50. The molecule has 23 heavy (non-hydrogen) atoms. The first-order chi connectivity index (χ1) is 10.8. The van der Waals surface area contributed by atoms with Gasteiger partial charge in [0.1, 0.15) is 11.6 Å². The monoisotopic (exact) mass is 343 g/mol. The van der Waals surface area contributed by atoms with E-state index in [1.165, 1.54) is 0 Å². The summed E-state index contributed by atoms with van der Waals surface area (Å²) < 4.78 is 50.3. The SMILES string of the molecule is O=C(C[C@H]1CCS(=O)(=O)C1)N[C@@H](c1cc(F)ccc1F)C1CC1. The minimum Gasteiger partial charge on any atom is -0.349 e. The van der Waals surface area contributed by atoms with Gasteiger partial charge in [-0.15, -0.1) is 0 Å². The standard InChI is InChI=1S/C16H19F2NO3S/c17-12-3-4-14(18)13(8-12)16(11-1-2-11)19-15(20)7-10-5-6-23(21,22)9-10/h3-4,8,10-11,16H,1-2,5-7,9H2,(H,19,20)/t10-,16-/m1/s1. The smallest absolute Gasteiger partial charge is 0.220 e. The van der Waals surface area contributed by atoms with Crippen molar-refractivity contribution in [3.05, 3.63) is 35.4 Å². The Morgan fingerprint density at radius 3 is 2.61 bits per heavy atom. The minimum absolute atomic E-state index is 0.0306. The quantitative estimate of drug-likeness (QED) is 0.893. The molecular formula is C16H19F2NO3S. The molecule has 2 aliphatic rings. The van der Waals surface area contributed by atoms with E-state index in [9.17, 15) is 22.0 Å². The van der Waals surface area contributed by atoms with Crippen molar-refractivity contribution in [3.63, 3.8) is 0 Å². The van der Waals surface area contributed by atoms with E-state index in [-0.39, 0.29) is 41.2 Å². The molecule has 1 saturated carbocycles. The van der Waals surface area contributed by atoms with Crippen LogP contribution in [0.1, 0.15) is 37.3 Å². The lowest BCUT2D eigenvalue weighted by Crippen LogP contribution is -2.32. The summed E-state index contributed by atoms with van der Waals surface area (Å²) in [5, 5.41) is 2.78. The molecule has 4 nitrogen and oxygen atoms in total. The summed E-state index contributed by atoms with van der Waals surface area (Å²) in [4.78, 5) is 12.2. The molecule has 1 amide bonds. The Kier molecular flexibility index (Phi) is 4.40. The lowest BCUT2D eigenvalue weighted by atomic mass is 9.99. The molecule has 0 bridgehead atoms. The zero-order chi connectivity index (χ0) is 16.6. The Labute approximate surface area is 134 Å². The first kappa shape index (κ1) is 16.4. The highest BCUT2D eigenvalue weighted by Crippen LogP contribution is 2.42. The van der Waals surface area contributed by atoms with Crippen molar-refractivity contribution in [2.75, 3.05) is 11.5 Å². The summed E-state index contributed by atoms with van der Waals surface area (Å²) in [6, 6.07) is 2.69. The predicted molar refractivity (Wildman–Crippen MR) is 81.3 cm³/mol. The van der Waals surface area contributed by atoms with Crippen molar-refractivity contribution < 1.29 is 22.0 Å². The molecule has 1 aliphatic heterocycles. The molecule has 2 fully saturated rings. The number of nitrogens with one attached hydrogen (secondary N) is 1. The second kappa shape index (κ2) is 6.19. The number of sulfone groups is 1. The molecule has 1 N–H and O–H groups in total. The average molecular weight is 343 g/mol. The minimum atomic E-state index is -3.03. The number of hydrogen-bond donors (Lipinski definition) is 1. The number of carbonyl (C=O) groups excluding carboxylic acids is 1. The van der Waals surface area contributed by atoms with Gasteiger partial charge in [0.05, 0.1) is 17.5 Å². The second-order valence-corrected chi connectivity index (χ2v) is 8.75. The summed E-state index contributed by atoms with van der Waals surface area (Å²) in [6.45, 7) is 0. The van der Waals surface area contributed by atoms with Crippen LogP contribution < -0.4 is 5.32 Å². The number of halogens is 2. The van der Waals surface area contributed by atoms with Crippen LogP contribution in [-0.4, -0.2) is 25.8 Å². The third-order valence-corrected chi connectivity index (χ3v) is 6.34. The molecule has 1 aromatic rings. The van der Waals surface area contributed by atoms with E-state index < -0.39 is 27.5 Å². The van der Waals surface area contributed by atoms with Gasteiger partial charge >= 0.3 is 0 Å². The van der Waals surface area contributed by atoms with Gasteiger partial charge in [-0.3, -0.25) is 4.79 Å². The number of amides is 1. The van der Waals surface area contributed by atoms with Crippen molar-refractivity contribution in [3.8, 4) is 0 Å². The van der Waals surface area contributed by atoms with Gasteiger partial charge in [0.15, 0.2) is 9.84 Å². The molecule has 1 heterocycles. The van der Waals surface area contributed by atoms with Gasteiger partial charge in [0.25, 0.3) is 0 Å². The van der Waals surface area contributed by atoms with Gasteiger partial charge in [0, 0.05) is 12.0 Å². The fourth-order valence-electron chi connectivity index (χ4n) is 3.16. The Morgan fingerprint density at radius 1 is 1.26 bits per heavy atom. The average Bonchev–Trinajstić information content (AvgIpc) is 3.24. The van der Waals surface area contributed by atoms with Gasteiger partial charge in [-0.1, -0.05) is 0 Å². The molecule has 0 aromatic heterocycles. The topological polar surface area (TPSA) is 63.2 Å². The van der Waals surface area contributed by atoms with Crippen LogP contribution in [0.4, 0.5) is 8.78 Å². The number of hydrogen-bond acceptors (Lipinski definition) is 3. The highest BCUT2D eigenvalue weighted by atomic mass is 32.2. The van der Waals surface area contributed by atoms with Crippen molar-refractivity contribution in [2.45, 2.75) is 31.7 Å². The molecule has 1 aliphatic carbocycles. The number of carbonyl (C=O) groups is 1. The van der Waals surface area contributed by atoms with E-state index >= 15 is 0 Å². The van der Waals surface area contributed by atoms with Gasteiger partial charge in [0.2, 0.25) is 5.91 Å². The lowest BCUT2D eigenvalue weighted by Gasteiger charge is -2.20. The van der Waals surface area contributed by atoms with Crippen LogP contribution in [0.5, 0.6) is 0 Å². The van der Waals surface area contributed by atoms with Crippen LogP contribution in [0.25, 0.3) is 0 Å². The van der Waals surface area contributed by atoms with Crippen molar-refractivity contribution >= 4 is 15.7 Å². The fraction of sp³-hybridized carbons (Fsp3) is 0.562. The van der Waals surface area contributed by atoms with Gasteiger partial charge in [-0.2, -0.15) is 0 Å². The zero-order valence-corrected chi connectivity index (χ0v) is 13.4. The van der Waals surface area contributed by atoms with Gasteiger partial charge < -0.3 is 5.32 Å². The molecule has 0 radical (unpaired) electrons. The normalized spacial score (nSPS) is 24.3. The molecule has 1 saturated heterocycles. The predicted octanol–water partition coefficient (Wildman–Crippen LogP) is 2.36.